The van der Waals surface area contributed by atoms with Gasteiger partial charge >= 0.3 is 0 Å². The molecule has 0 radical (unpaired) electrons. The number of nitrogens with zero attached hydrogens (tertiary/aromatic N) is 2. The summed E-state index contributed by atoms with van der Waals surface area (Å²) in [6.07, 6.45) is 1.11. The van der Waals surface area contributed by atoms with E-state index < -0.39 is 4.92 Å². The Labute approximate surface area is 117 Å². The first-order valence-electron chi connectivity index (χ1n) is 6.66. The van der Waals surface area contributed by atoms with E-state index in [-0.39, 0.29) is 30.7 Å². The van der Waals surface area contributed by atoms with E-state index in [1.807, 2.05) is 6.92 Å². The molecular weight excluding hydrogens is 260 g/mol. The van der Waals surface area contributed by atoms with E-state index >= 15 is 0 Å². The summed E-state index contributed by atoms with van der Waals surface area (Å²) < 4.78 is 0. The maximum absolute atomic E-state index is 12.2. The summed E-state index contributed by atoms with van der Waals surface area (Å²) in [5.41, 5.74) is 0.765. The predicted octanol–water partition coefficient (Wildman–Crippen LogP) is 1.37. The fourth-order valence-electron chi connectivity index (χ4n) is 2.61. The summed E-state index contributed by atoms with van der Waals surface area (Å²) in [6.45, 7) is 2.67. The highest BCUT2D eigenvalue weighted by atomic mass is 16.6. The van der Waals surface area contributed by atoms with Gasteiger partial charge in [-0.1, -0.05) is 19.1 Å². The molecule has 1 aromatic rings. The van der Waals surface area contributed by atoms with Crippen LogP contribution in [0, 0.1) is 16.0 Å². The quantitative estimate of drug-likeness (QED) is 0.666. The van der Waals surface area contributed by atoms with Crippen LogP contribution in [0.5, 0.6) is 0 Å². The van der Waals surface area contributed by atoms with Crippen LogP contribution in [-0.4, -0.2) is 40.0 Å². The van der Waals surface area contributed by atoms with E-state index in [1.165, 1.54) is 12.1 Å². The molecule has 0 spiro atoms. The van der Waals surface area contributed by atoms with Crippen molar-refractivity contribution in [1.82, 2.24) is 4.90 Å². The minimum atomic E-state index is -0.463. The number of nitro groups is 1. The van der Waals surface area contributed by atoms with Crippen LogP contribution >= 0.6 is 0 Å². The number of hydrogen-bond donors (Lipinski definition) is 1. The molecule has 20 heavy (non-hydrogen) atoms. The SMILES string of the molecule is CC1CCN(C(=O)Cc2ccc([N+](=O)[O-])cc2)C1CO. The van der Waals surface area contributed by atoms with Gasteiger partial charge in [-0.3, -0.25) is 14.9 Å². The lowest BCUT2D eigenvalue weighted by Gasteiger charge is -2.25. The van der Waals surface area contributed by atoms with Crippen molar-refractivity contribution in [2.45, 2.75) is 25.8 Å². The van der Waals surface area contributed by atoms with Crippen molar-refractivity contribution in [3.8, 4) is 0 Å². The van der Waals surface area contributed by atoms with Gasteiger partial charge in [0.2, 0.25) is 5.91 Å². The van der Waals surface area contributed by atoms with Gasteiger partial charge in [0.05, 0.1) is 24.0 Å². The van der Waals surface area contributed by atoms with Gasteiger partial charge in [0.15, 0.2) is 0 Å². The van der Waals surface area contributed by atoms with Gasteiger partial charge in [-0.2, -0.15) is 0 Å². The van der Waals surface area contributed by atoms with Gasteiger partial charge in [0.1, 0.15) is 0 Å². The Balaban J connectivity index is 2.02. The summed E-state index contributed by atoms with van der Waals surface area (Å²) in [4.78, 5) is 24.0. The third kappa shape index (κ3) is 2.96. The van der Waals surface area contributed by atoms with Crippen LogP contribution in [0.2, 0.25) is 0 Å². The maximum atomic E-state index is 12.2. The third-order valence-electron chi connectivity index (χ3n) is 3.89. The fraction of sp³-hybridized carbons (Fsp3) is 0.500. The van der Waals surface area contributed by atoms with Crippen molar-refractivity contribution in [2.75, 3.05) is 13.2 Å². The molecule has 108 valence electrons. The number of aliphatic hydroxyl groups excluding tert-OH is 1. The van der Waals surface area contributed by atoms with E-state index in [9.17, 15) is 20.0 Å². The van der Waals surface area contributed by atoms with Crippen molar-refractivity contribution in [3.63, 3.8) is 0 Å². The summed E-state index contributed by atoms with van der Waals surface area (Å²) in [6, 6.07) is 5.89. The lowest BCUT2D eigenvalue weighted by Crippen LogP contribution is -2.40. The van der Waals surface area contributed by atoms with Gasteiger partial charge < -0.3 is 10.0 Å². The molecule has 2 rings (SSSR count). The lowest BCUT2D eigenvalue weighted by molar-refractivity contribution is -0.384. The zero-order chi connectivity index (χ0) is 14.7. The largest absolute Gasteiger partial charge is 0.394 e. The van der Waals surface area contributed by atoms with Gasteiger partial charge in [-0.15, -0.1) is 0 Å². The highest BCUT2D eigenvalue weighted by molar-refractivity contribution is 5.79. The zero-order valence-electron chi connectivity index (χ0n) is 11.4. The van der Waals surface area contributed by atoms with E-state index in [1.54, 1.807) is 17.0 Å². The topological polar surface area (TPSA) is 83.7 Å². The van der Waals surface area contributed by atoms with Gasteiger partial charge in [0.25, 0.3) is 5.69 Å². The fourth-order valence-corrected chi connectivity index (χ4v) is 2.61. The highest BCUT2D eigenvalue weighted by Crippen LogP contribution is 2.24. The number of hydrogen-bond acceptors (Lipinski definition) is 4. The van der Waals surface area contributed by atoms with Gasteiger partial charge in [0, 0.05) is 18.7 Å². The number of aliphatic hydroxyl groups is 1. The number of amides is 1. The number of likely N-dealkylation sites (tertiary alicyclic amines) is 1. The Hall–Kier alpha value is -1.95. The molecular formula is C14H18N2O4. The molecule has 1 N–H and O–H groups in total. The lowest BCUT2D eigenvalue weighted by atomic mass is 10.0. The van der Waals surface area contributed by atoms with Crippen LogP contribution in [0.1, 0.15) is 18.9 Å². The molecule has 1 heterocycles. The average Bonchev–Trinajstić information content (AvgIpc) is 2.80. The van der Waals surface area contributed by atoms with Crippen molar-refractivity contribution >= 4 is 11.6 Å². The number of benzene rings is 1. The second kappa shape index (κ2) is 6.00. The number of carbonyl (C=O) groups is 1. The Morgan fingerprint density at radius 1 is 1.45 bits per heavy atom. The summed E-state index contributed by atoms with van der Waals surface area (Å²) >= 11 is 0. The molecule has 2 atom stereocenters. The Kier molecular flexibility index (Phi) is 4.34. The van der Waals surface area contributed by atoms with Crippen LogP contribution < -0.4 is 0 Å². The third-order valence-corrected chi connectivity index (χ3v) is 3.89. The number of carbonyl (C=O) groups excluding carboxylic acids is 1. The van der Waals surface area contributed by atoms with Crippen molar-refractivity contribution in [1.29, 1.82) is 0 Å². The second-order valence-corrected chi connectivity index (χ2v) is 5.20. The predicted molar refractivity (Wildman–Crippen MR) is 73.2 cm³/mol. The van der Waals surface area contributed by atoms with Crippen molar-refractivity contribution < 1.29 is 14.8 Å². The minimum absolute atomic E-state index is 0.0178. The van der Waals surface area contributed by atoms with E-state index in [2.05, 4.69) is 0 Å². The first-order valence-corrected chi connectivity index (χ1v) is 6.66. The molecule has 0 saturated carbocycles. The minimum Gasteiger partial charge on any atom is -0.394 e. The summed E-state index contributed by atoms with van der Waals surface area (Å²) in [5, 5.41) is 19.9. The molecule has 0 bridgehead atoms. The van der Waals surface area contributed by atoms with Crippen LogP contribution in [0.3, 0.4) is 0 Å². The van der Waals surface area contributed by atoms with E-state index in [4.69, 9.17) is 0 Å². The Morgan fingerprint density at radius 2 is 2.10 bits per heavy atom. The standard InChI is InChI=1S/C14H18N2O4/c1-10-6-7-15(13(10)9-17)14(18)8-11-2-4-12(5-3-11)16(19)20/h2-5,10,13,17H,6-9H2,1H3. The first kappa shape index (κ1) is 14.5. The molecule has 1 aromatic carbocycles. The van der Waals surface area contributed by atoms with Crippen LogP contribution in [0.4, 0.5) is 5.69 Å². The maximum Gasteiger partial charge on any atom is 0.269 e. The Morgan fingerprint density at radius 3 is 2.65 bits per heavy atom. The molecule has 2 unspecified atom stereocenters. The van der Waals surface area contributed by atoms with Gasteiger partial charge in [-0.05, 0) is 17.9 Å². The smallest absolute Gasteiger partial charge is 0.269 e. The molecule has 1 amide bonds. The molecule has 0 aliphatic carbocycles. The Bertz CT molecular complexity index is 500. The van der Waals surface area contributed by atoms with Crippen molar-refractivity contribution in [2.24, 2.45) is 5.92 Å². The monoisotopic (exact) mass is 278 g/mol. The van der Waals surface area contributed by atoms with Gasteiger partial charge in [-0.25, -0.2) is 0 Å². The van der Waals surface area contributed by atoms with Crippen LogP contribution in [0.25, 0.3) is 0 Å². The second-order valence-electron chi connectivity index (χ2n) is 5.20. The van der Waals surface area contributed by atoms with E-state index in [0.717, 1.165) is 12.0 Å². The summed E-state index contributed by atoms with van der Waals surface area (Å²) in [7, 11) is 0. The van der Waals surface area contributed by atoms with E-state index in [0.29, 0.717) is 12.5 Å². The molecule has 1 aliphatic heterocycles. The molecule has 1 saturated heterocycles. The molecule has 6 nitrogen and oxygen atoms in total. The average molecular weight is 278 g/mol. The zero-order valence-corrected chi connectivity index (χ0v) is 11.4. The van der Waals surface area contributed by atoms with Crippen LogP contribution in [0.15, 0.2) is 24.3 Å². The normalized spacial score (nSPS) is 22.0. The molecule has 6 heteroatoms. The van der Waals surface area contributed by atoms with Crippen molar-refractivity contribution in [3.05, 3.63) is 39.9 Å². The van der Waals surface area contributed by atoms with Crippen LogP contribution in [-0.2, 0) is 11.2 Å². The first-order chi connectivity index (χ1) is 9.52. The highest BCUT2D eigenvalue weighted by Gasteiger charge is 2.33. The molecule has 1 aliphatic rings. The number of non-ortho nitro benzene ring substituents is 1. The number of rotatable bonds is 4. The number of nitro benzene ring substituents is 1. The molecule has 0 aromatic heterocycles. The summed E-state index contributed by atoms with van der Waals surface area (Å²) in [5.74, 6) is 0.267. The molecule has 1 fully saturated rings.